The number of hydrogen-bond donors (Lipinski definition) is 0. The van der Waals surface area contributed by atoms with Crippen LogP contribution in [0.4, 0.5) is 13.2 Å². The standard InChI is InChI=1S/C19H16F3N3O/c1-18(2)14(11-6-4-3-5-7-11)15(18)16-24-17(26-25-16)12-8-9-23-10-13(12)19(20,21)22/h3-10,14-15H,1-2H3/t14-,15+/m0/s1. The molecular weight excluding hydrogens is 343 g/mol. The number of benzene rings is 1. The van der Waals surface area contributed by atoms with Gasteiger partial charge in [0.15, 0.2) is 5.82 Å². The monoisotopic (exact) mass is 359 g/mol. The first-order valence-electron chi connectivity index (χ1n) is 8.20. The van der Waals surface area contributed by atoms with Crippen LogP contribution in [0, 0.1) is 5.41 Å². The van der Waals surface area contributed by atoms with Crippen LogP contribution in [0.15, 0.2) is 53.3 Å². The fraction of sp³-hybridized carbons (Fsp3) is 0.316. The number of pyridine rings is 1. The minimum atomic E-state index is -4.54. The highest BCUT2D eigenvalue weighted by molar-refractivity contribution is 5.58. The lowest BCUT2D eigenvalue weighted by molar-refractivity contribution is -0.137. The van der Waals surface area contributed by atoms with Crippen molar-refractivity contribution in [3.8, 4) is 11.5 Å². The summed E-state index contributed by atoms with van der Waals surface area (Å²) < 4.78 is 44.7. The second kappa shape index (κ2) is 5.65. The normalized spacial score (nSPS) is 21.6. The summed E-state index contributed by atoms with van der Waals surface area (Å²) in [6.45, 7) is 4.19. The molecule has 0 aliphatic heterocycles. The Hall–Kier alpha value is -2.70. The first kappa shape index (κ1) is 16.8. The molecule has 2 aromatic heterocycles. The lowest BCUT2D eigenvalue weighted by Gasteiger charge is -2.08. The quantitative estimate of drug-likeness (QED) is 0.656. The third kappa shape index (κ3) is 2.67. The molecule has 2 atom stereocenters. The molecular formula is C19H16F3N3O. The molecule has 134 valence electrons. The zero-order valence-electron chi connectivity index (χ0n) is 14.2. The highest BCUT2D eigenvalue weighted by Gasteiger charge is 2.61. The van der Waals surface area contributed by atoms with E-state index in [-0.39, 0.29) is 28.7 Å². The predicted molar refractivity (Wildman–Crippen MR) is 88.2 cm³/mol. The summed E-state index contributed by atoms with van der Waals surface area (Å²) in [5.41, 5.74) is 0.0349. The van der Waals surface area contributed by atoms with E-state index in [9.17, 15) is 13.2 Å². The van der Waals surface area contributed by atoms with Crippen molar-refractivity contribution in [3.63, 3.8) is 0 Å². The molecule has 4 rings (SSSR count). The largest absolute Gasteiger partial charge is 0.418 e. The number of nitrogens with zero attached hydrogens (tertiary/aromatic N) is 3. The highest BCUT2D eigenvalue weighted by Crippen LogP contribution is 2.69. The molecule has 1 saturated carbocycles. The molecule has 0 radical (unpaired) electrons. The van der Waals surface area contributed by atoms with Gasteiger partial charge in [-0.15, -0.1) is 0 Å². The van der Waals surface area contributed by atoms with E-state index in [4.69, 9.17) is 4.52 Å². The summed E-state index contributed by atoms with van der Waals surface area (Å²) in [5, 5.41) is 3.98. The van der Waals surface area contributed by atoms with Gasteiger partial charge in [0.25, 0.3) is 5.89 Å². The molecule has 2 heterocycles. The van der Waals surface area contributed by atoms with Crippen LogP contribution in [-0.4, -0.2) is 15.1 Å². The second-order valence-corrected chi connectivity index (χ2v) is 7.06. The number of aromatic nitrogens is 3. The van der Waals surface area contributed by atoms with Crippen LogP contribution >= 0.6 is 0 Å². The van der Waals surface area contributed by atoms with Crippen LogP contribution in [0.5, 0.6) is 0 Å². The van der Waals surface area contributed by atoms with Gasteiger partial charge in [0.05, 0.1) is 11.1 Å². The summed E-state index contributed by atoms with van der Waals surface area (Å²) in [7, 11) is 0. The third-order valence-corrected chi connectivity index (χ3v) is 5.06. The lowest BCUT2D eigenvalue weighted by Crippen LogP contribution is -2.07. The van der Waals surface area contributed by atoms with Crippen molar-refractivity contribution in [2.24, 2.45) is 5.41 Å². The molecule has 1 aliphatic carbocycles. The van der Waals surface area contributed by atoms with E-state index >= 15 is 0 Å². The Bertz CT molecular complexity index is 934. The maximum absolute atomic E-state index is 13.2. The molecule has 1 aromatic carbocycles. The van der Waals surface area contributed by atoms with Crippen molar-refractivity contribution in [3.05, 3.63) is 65.7 Å². The fourth-order valence-corrected chi connectivity index (χ4v) is 3.68. The smallest absolute Gasteiger partial charge is 0.334 e. The van der Waals surface area contributed by atoms with Crippen molar-refractivity contribution in [2.45, 2.75) is 31.9 Å². The van der Waals surface area contributed by atoms with E-state index in [0.717, 1.165) is 11.8 Å². The Balaban J connectivity index is 1.69. The molecule has 1 fully saturated rings. The number of hydrogen-bond acceptors (Lipinski definition) is 4. The zero-order valence-corrected chi connectivity index (χ0v) is 14.2. The van der Waals surface area contributed by atoms with Gasteiger partial charge in [-0.1, -0.05) is 49.3 Å². The second-order valence-electron chi connectivity index (χ2n) is 7.06. The maximum Gasteiger partial charge on any atom is 0.418 e. The van der Waals surface area contributed by atoms with Crippen LogP contribution in [0.2, 0.25) is 0 Å². The van der Waals surface area contributed by atoms with E-state index in [1.54, 1.807) is 0 Å². The first-order valence-corrected chi connectivity index (χ1v) is 8.20. The Labute approximate surface area is 148 Å². The molecule has 4 nitrogen and oxygen atoms in total. The zero-order chi connectivity index (χ0) is 18.5. The molecule has 26 heavy (non-hydrogen) atoms. The summed E-state index contributed by atoms with van der Waals surface area (Å²) >= 11 is 0. The van der Waals surface area contributed by atoms with Crippen molar-refractivity contribution in [1.29, 1.82) is 0 Å². The topological polar surface area (TPSA) is 51.8 Å². The van der Waals surface area contributed by atoms with E-state index in [1.807, 2.05) is 30.3 Å². The van der Waals surface area contributed by atoms with Crippen molar-refractivity contribution in [1.82, 2.24) is 15.1 Å². The SMILES string of the molecule is CC1(C)[C@@H](c2ccccc2)[C@@H]1c1noc(-c2ccncc2C(F)(F)F)n1. The van der Waals surface area contributed by atoms with Crippen LogP contribution in [0.1, 0.15) is 42.6 Å². The summed E-state index contributed by atoms with van der Waals surface area (Å²) in [5.74, 6) is 0.500. The van der Waals surface area contributed by atoms with E-state index < -0.39 is 11.7 Å². The molecule has 3 aromatic rings. The van der Waals surface area contributed by atoms with Crippen LogP contribution in [-0.2, 0) is 6.18 Å². The van der Waals surface area contributed by atoms with Crippen LogP contribution < -0.4 is 0 Å². The van der Waals surface area contributed by atoms with Gasteiger partial charge in [0.2, 0.25) is 0 Å². The summed E-state index contributed by atoms with van der Waals surface area (Å²) in [6, 6.07) is 11.2. The van der Waals surface area contributed by atoms with Crippen molar-refractivity contribution in [2.75, 3.05) is 0 Å². The third-order valence-electron chi connectivity index (χ3n) is 5.06. The minimum Gasteiger partial charge on any atom is -0.334 e. The van der Waals surface area contributed by atoms with Gasteiger partial charge in [0.1, 0.15) is 0 Å². The molecule has 0 amide bonds. The Morgan fingerprint density at radius 2 is 1.77 bits per heavy atom. The van der Waals surface area contributed by atoms with Gasteiger partial charge >= 0.3 is 6.18 Å². The summed E-state index contributed by atoms with van der Waals surface area (Å²) in [4.78, 5) is 7.84. The lowest BCUT2D eigenvalue weighted by atomic mass is 10.0. The van der Waals surface area contributed by atoms with Gasteiger partial charge in [-0.2, -0.15) is 18.2 Å². The summed E-state index contributed by atoms with van der Waals surface area (Å²) in [6.07, 6.45) is -2.49. The van der Waals surface area contributed by atoms with Crippen molar-refractivity contribution < 1.29 is 17.7 Å². The molecule has 1 aliphatic rings. The Morgan fingerprint density at radius 1 is 1.04 bits per heavy atom. The first-order chi connectivity index (χ1) is 12.3. The van der Waals surface area contributed by atoms with E-state index in [1.165, 1.54) is 12.3 Å². The van der Waals surface area contributed by atoms with E-state index in [2.05, 4.69) is 29.0 Å². The molecule has 0 spiro atoms. The molecule has 7 heteroatoms. The van der Waals surface area contributed by atoms with Gasteiger partial charge in [0, 0.05) is 24.2 Å². The number of alkyl halides is 3. The molecule has 0 N–H and O–H groups in total. The number of rotatable bonds is 3. The molecule has 0 unspecified atom stereocenters. The highest BCUT2D eigenvalue weighted by atomic mass is 19.4. The minimum absolute atomic E-state index is 0.00132. The van der Waals surface area contributed by atoms with Gasteiger partial charge in [-0.3, -0.25) is 4.98 Å². The van der Waals surface area contributed by atoms with Crippen molar-refractivity contribution >= 4 is 0 Å². The number of halogens is 3. The average Bonchev–Trinajstić information content (AvgIpc) is 2.95. The van der Waals surface area contributed by atoms with Gasteiger partial charge < -0.3 is 4.52 Å². The molecule has 0 bridgehead atoms. The fourth-order valence-electron chi connectivity index (χ4n) is 3.68. The van der Waals surface area contributed by atoms with Gasteiger partial charge in [-0.05, 0) is 17.0 Å². The Kier molecular flexibility index (Phi) is 3.64. The average molecular weight is 359 g/mol. The Morgan fingerprint density at radius 3 is 2.46 bits per heavy atom. The van der Waals surface area contributed by atoms with Crippen LogP contribution in [0.25, 0.3) is 11.5 Å². The molecule has 0 saturated heterocycles. The van der Waals surface area contributed by atoms with Gasteiger partial charge in [-0.25, -0.2) is 0 Å². The maximum atomic E-state index is 13.2. The van der Waals surface area contributed by atoms with E-state index in [0.29, 0.717) is 5.82 Å². The predicted octanol–water partition coefficient (Wildman–Crippen LogP) is 5.06. The van der Waals surface area contributed by atoms with Crippen LogP contribution in [0.3, 0.4) is 0 Å².